The first-order valence-electron chi connectivity index (χ1n) is 9.77. The standard InChI is InChI=1S/C23H21NO5S/c25-23(16-4-2-1-3-5-16)17-6-7-18-14-24(15-19(18)12-17)30(26,27)20-8-9-21-22(13-20)29-11-10-28-21/h1-9,12-13,23,25H,10-11,14-15H2. The number of hydrogen-bond acceptors (Lipinski definition) is 5. The van der Waals surface area contributed by atoms with E-state index in [1.165, 1.54) is 10.4 Å². The van der Waals surface area contributed by atoms with E-state index in [9.17, 15) is 13.5 Å². The van der Waals surface area contributed by atoms with Crippen molar-refractivity contribution in [3.8, 4) is 11.5 Å². The fourth-order valence-corrected chi connectivity index (χ4v) is 5.30. The SMILES string of the molecule is O=S(=O)(c1ccc2c(c1)OCCO2)N1Cc2ccc(C(O)c3ccccc3)cc2C1. The van der Waals surface area contributed by atoms with Crippen molar-refractivity contribution >= 4 is 10.0 Å². The molecule has 3 aromatic rings. The average Bonchev–Trinajstić information content (AvgIpc) is 3.23. The summed E-state index contributed by atoms with van der Waals surface area (Å²) in [4.78, 5) is 0.184. The highest BCUT2D eigenvalue weighted by Gasteiger charge is 2.32. The first-order valence-corrected chi connectivity index (χ1v) is 11.2. The second-order valence-electron chi connectivity index (χ2n) is 7.42. The fraction of sp³-hybridized carbons (Fsp3) is 0.217. The van der Waals surface area contributed by atoms with Crippen molar-refractivity contribution in [3.05, 3.63) is 89.0 Å². The maximum atomic E-state index is 13.2. The van der Waals surface area contributed by atoms with Crippen LogP contribution in [0.5, 0.6) is 11.5 Å². The lowest BCUT2D eigenvalue weighted by molar-refractivity contribution is 0.171. The number of benzene rings is 3. The molecule has 6 nitrogen and oxygen atoms in total. The van der Waals surface area contributed by atoms with Crippen LogP contribution in [0, 0.1) is 0 Å². The summed E-state index contributed by atoms with van der Waals surface area (Å²) in [5.74, 6) is 1.01. The predicted octanol–water partition coefficient (Wildman–Crippen LogP) is 3.24. The van der Waals surface area contributed by atoms with Crippen molar-refractivity contribution in [3.63, 3.8) is 0 Å². The van der Waals surface area contributed by atoms with Gasteiger partial charge in [-0.2, -0.15) is 4.31 Å². The molecule has 0 saturated carbocycles. The van der Waals surface area contributed by atoms with Crippen molar-refractivity contribution in [2.45, 2.75) is 24.1 Å². The first kappa shape index (κ1) is 19.1. The molecule has 3 aromatic carbocycles. The minimum atomic E-state index is -3.69. The summed E-state index contributed by atoms with van der Waals surface area (Å²) in [5, 5.41) is 10.7. The molecule has 0 amide bonds. The average molecular weight is 423 g/mol. The number of fused-ring (bicyclic) bond motifs is 2. The highest BCUT2D eigenvalue weighted by molar-refractivity contribution is 7.89. The molecule has 2 aliphatic rings. The van der Waals surface area contributed by atoms with Crippen molar-refractivity contribution in [1.29, 1.82) is 0 Å². The minimum Gasteiger partial charge on any atom is -0.486 e. The van der Waals surface area contributed by atoms with E-state index in [2.05, 4.69) is 0 Å². The molecule has 1 atom stereocenters. The third-order valence-electron chi connectivity index (χ3n) is 5.51. The quantitative estimate of drug-likeness (QED) is 0.697. The van der Waals surface area contributed by atoms with Crippen LogP contribution in [-0.4, -0.2) is 31.0 Å². The van der Waals surface area contributed by atoms with Crippen molar-refractivity contribution in [1.82, 2.24) is 4.31 Å². The van der Waals surface area contributed by atoms with Gasteiger partial charge in [0.2, 0.25) is 10.0 Å². The van der Waals surface area contributed by atoms with Crippen LogP contribution in [0.25, 0.3) is 0 Å². The Morgan fingerprint density at radius 1 is 0.800 bits per heavy atom. The molecule has 154 valence electrons. The van der Waals surface area contributed by atoms with Crippen molar-refractivity contribution in [2.75, 3.05) is 13.2 Å². The van der Waals surface area contributed by atoms with E-state index >= 15 is 0 Å². The molecule has 2 aliphatic heterocycles. The first-order chi connectivity index (χ1) is 14.5. The summed E-state index contributed by atoms with van der Waals surface area (Å²) in [5.41, 5.74) is 3.40. The molecule has 0 radical (unpaired) electrons. The van der Waals surface area contributed by atoms with Crippen LogP contribution in [0.4, 0.5) is 0 Å². The Morgan fingerprint density at radius 2 is 1.53 bits per heavy atom. The van der Waals surface area contributed by atoms with Gasteiger partial charge in [-0.1, -0.05) is 48.5 Å². The van der Waals surface area contributed by atoms with Gasteiger partial charge in [0, 0.05) is 19.2 Å². The molecule has 1 N–H and O–H groups in total. The molecule has 1 unspecified atom stereocenters. The van der Waals surface area contributed by atoms with E-state index in [-0.39, 0.29) is 11.4 Å². The number of rotatable bonds is 4. The van der Waals surface area contributed by atoms with E-state index in [1.807, 2.05) is 48.5 Å². The molecule has 2 heterocycles. The number of nitrogens with zero attached hydrogens (tertiary/aromatic N) is 1. The summed E-state index contributed by atoms with van der Waals surface area (Å²) in [6, 6.07) is 19.8. The van der Waals surface area contributed by atoms with E-state index in [1.54, 1.807) is 12.1 Å². The van der Waals surface area contributed by atoms with Crippen LogP contribution in [0.3, 0.4) is 0 Å². The van der Waals surface area contributed by atoms with Gasteiger partial charge < -0.3 is 14.6 Å². The van der Waals surface area contributed by atoms with Crippen molar-refractivity contribution < 1.29 is 23.0 Å². The highest BCUT2D eigenvalue weighted by Crippen LogP contribution is 2.36. The number of sulfonamides is 1. The topological polar surface area (TPSA) is 76.1 Å². The zero-order valence-corrected chi connectivity index (χ0v) is 17.0. The Kier molecular flexibility index (Phi) is 4.73. The fourth-order valence-electron chi connectivity index (χ4n) is 3.88. The predicted molar refractivity (Wildman–Crippen MR) is 111 cm³/mol. The summed E-state index contributed by atoms with van der Waals surface area (Å²) in [6.07, 6.45) is -0.750. The molecule has 30 heavy (non-hydrogen) atoms. The Labute approximate surface area is 175 Å². The normalized spacial score (nSPS) is 16.8. The lowest BCUT2D eigenvalue weighted by Gasteiger charge is -2.20. The molecule has 0 spiro atoms. The van der Waals surface area contributed by atoms with Crippen LogP contribution in [-0.2, 0) is 23.1 Å². The van der Waals surface area contributed by atoms with Gasteiger partial charge in [0.05, 0.1) is 4.90 Å². The van der Waals surface area contributed by atoms with Crippen molar-refractivity contribution in [2.24, 2.45) is 0 Å². The highest BCUT2D eigenvalue weighted by atomic mass is 32.2. The van der Waals surface area contributed by atoms with Crippen LogP contribution in [0.2, 0.25) is 0 Å². The van der Waals surface area contributed by atoms with Crippen LogP contribution < -0.4 is 9.47 Å². The molecule has 0 aliphatic carbocycles. The van der Waals surface area contributed by atoms with Gasteiger partial charge in [-0.15, -0.1) is 0 Å². The lowest BCUT2D eigenvalue weighted by atomic mass is 9.98. The van der Waals surface area contributed by atoms with Crippen LogP contribution >= 0.6 is 0 Å². The summed E-state index contributed by atoms with van der Waals surface area (Å²) < 4.78 is 38.9. The van der Waals surface area contributed by atoms with Gasteiger partial charge in [-0.25, -0.2) is 8.42 Å². The number of hydrogen-bond donors (Lipinski definition) is 1. The zero-order valence-electron chi connectivity index (χ0n) is 16.2. The van der Waals surface area contributed by atoms with E-state index < -0.39 is 16.1 Å². The molecule has 0 aromatic heterocycles. The Bertz CT molecular complexity index is 1190. The largest absolute Gasteiger partial charge is 0.486 e. The van der Waals surface area contributed by atoms with Gasteiger partial charge in [0.1, 0.15) is 19.3 Å². The maximum Gasteiger partial charge on any atom is 0.243 e. The maximum absolute atomic E-state index is 13.2. The summed E-state index contributed by atoms with van der Waals surface area (Å²) >= 11 is 0. The molecular weight excluding hydrogens is 402 g/mol. The smallest absolute Gasteiger partial charge is 0.243 e. The lowest BCUT2D eigenvalue weighted by Crippen LogP contribution is -2.26. The third kappa shape index (κ3) is 3.35. The number of aliphatic hydroxyl groups is 1. The van der Waals surface area contributed by atoms with Crippen LogP contribution in [0.15, 0.2) is 71.6 Å². The summed E-state index contributed by atoms with van der Waals surface area (Å²) in [6.45, 7) is 1.42. The molecular formula is C23H21NO5S. The monoisotopic (exact) mass is 423 g/mol. The van der Waals surface area contributed by atoms with E-state index in [0.29, 0.717) is 31.3 Å². The Hall–Kier alpha value is -2.87. The molecule has 0 saturated heterocycles. The Balaban J connectivity index is 1.40. The minimum absolute atomic E-state index is 0.184. The van der Waals surface area contributed by atoms with Gasteiger partial charge in [0.15, 0.2) is 11.5 Å². The summed E-state index contributed by atoms with van der Waals surface area (Å²) in [7, 11) is -3.69. The second kappa shape index (κ2) is 7.43. The number of aliphatic hydroxyl groups excluding tert-OH is 1. The zero-order chi connectivity index (χ0) is 20.7. The molecule has 5 rings (SSSR count). The number of ether oxygens (including phenoxy) is 2. The molecule has 0 bridgehead atoms. The molecule has 7 heteroatoms. The second-order valence-corrected chi connectivity index (χ2v) is 9.36. The van der Waals surface area contributed by atoms with Gasteiger partial charge in [-0.05, 0) is 34.4 Å². The van der Waals surface area contributed by atoms with E-state index in [0.717, 1.165) is 22.3 Å². The van der Waals surface area contributed by atoms with E-state index in [4.69, 9.17) is 9.47 Å². The van der Waals surface area contributed by atoms with Crippen LogP contribution in [0.1, 0.15) is 28.4 Å². The Morgan fingerprint density at radius 3 is 2.33 bits per heavy atom. The van der Waals surface area contributed by atoms with Gasteiger partial charge in [-0.3, -0.25) is 0 Å². The third-order valence-corrected chi connectivity index (χ3v) is 7.29. The van der Waals surface area contributed by atoms with Gasteiger partial charge in [0.25, 0.3) is 0 Å². The molecule has 0 fully saturated rings. The van der Waals surface area contributed by atoms with Gasteiger partial charge >= 0.3 is 0 Å².